The molecule has 1 aromatic heterocycles. The average Bonchev–Trinajstić information content (AvgIpc) is 2.83. The van der Waals surface area contributed by atoms with Gasteiger partial charge in [-0.25, -0.2) is 13.4 Å². The summed E-state index contributed by atoms with van der Waals surface area (Å²) in [6, 6.07) is 18.7. The van der Waals surface area contributed by atoms with Crippen molar-refractivity contribution >= 4 is 21.6 Å². The number of hydrogen-bond donors (Lipinski definition) is 1. The summed E-state index contributed by atoms with van der Waals surface area (Å²) < 4.78 is 33.4. The second-order valence-electron chi connectivity index (χ2n) is 8.11. The maximum Gasteiger partial charge on any atom is 0.255 e. The van der Waals surface area contributed by atoms with Gasteiger partial charge in [0.15, 0.2) is 0 Å². The van der Waals surface area contributed by atoms with E-state index in [0.29, 0.717) is 11.4 Å². The number of aromatic nitrogens is 1. The van der Waals surface area contributed by atoms with Gasteiger partial charge < -0.3 is 10.1 Å². The maximum absolute atomic E-state index is 13.2. The zero-order chi connectivity index (χ0) is 24.1. The Hall–Kier alpha value is -3.51. The highest BCUT2D eigenvalue weighted by Gasteiger charge is 2.32. The molecule has 1 aliphatic heterocycles. The lowest BCUT2D eigenvalue weighted by molar-refractivity contribution is -0.0440. The Morgan fingerprint density at radius 2 is 1.76 bits per heavy atom. The van der Waals surface area contributed by atoms with E-state index in [-0.39, 0.29) is 35.8 Å². The Balaban J connectivity index is 1.50. The number of nitrogens with zero attached hydrogens (tertiary/aromatic N) is 2. The molecule has 1 N–H and O–H groups in total. The van der Waals surface area contributed by atoms with Crippen molar-refractivity contribution < 1.29 is 17.9 Å². The molecule has 8 heteroatoms. The van der Waals surface area contributed by atoms with E-state index in [0.717, 1.165) is 5.56 Å². The van der Waals surface area contributed by atoms with Crippen LogP contribution in [0.25, 0.3) is 0 Å². The summed E-state index contributed by atoms with van der Waals surface area (Å²) in [5.41, 5.74) is 2.18. The molecular weight excluding hydrogens is 450 g/mol. The topological polar surface area (TPSA) is 88.6 Å². The highest BCUT2D eigenvalue weighted by molar-refractivity contribution is 7.89. The van der Waals surface area contributed by atoms with Crippen molar-refractivity contribution in [2.45, 2.75) is 31.0 Å². The van der Waals surface area contributed by atoms with Gasteiger partial charge in [0.25, 0.3) is 5.91 Å². The van der Waals surface area contributed by atoms with E-state index in [9.17, 15) is 13.2 Å². The molecule has 7 nitrogen and oxygen atoms in total. The first-order chi connectivity index (χ1) is 16.3. The third kappa shape index (κ3) is 5.69. The highest BCUT2D eigenvalue weighted by atomic mass is 32.2. The van der Waals surface area contributed by atoms with Crippen molar-refractivity contribution in [1.29, 1.82) is 0 Å². The van der Waals surface area contributed by atoms with Gasteiger partial charge in [-0.3, -0.25) is 4.79 Å². The molecule has 0 spiro atoms. The Labute approximate surface area is 199 Å². The van der Waals surface area contributed by atoms with Crippen LogP contribution in [-0.4, -0.2) is 48.9 Å². The van der Waals surface area contributed by atoms with Gasteiger partial charge in [0.05, 0.1) is 17.1 Å². The molecule has 0 bridgehead atoms. The number of anilines is 1. The largest absolute Gasteiger partial charge is 0.373 e. The molecule has 0 saturated carbocycles. The molecule has 174 valence electrons. The number of pyridine rings is 1. The molecular formula is C26H25N3O4S. The predicted molar refractivity (Wildman–Crippen MR) is 130 cm³/mol. The summed E-state index contributed by atoms with van der Waals surface area (Å²) in [6.07, 6.45) is 1.28. The van der Waals surface area contributed by atoms with E-state index in [1.165, 1.54) is 16.4 Å². The van der Waals surface area contributed by atoms with Crippen LogP contribution in [0, 0.1) is 11.8 Å². The summed E-state index contributed by atoms with van der Waals surface area (Å²) >= 11 is 0. The Kier molecular flexibility index (Phi) is 7.08. The summed E-state index contributed by atoms with van der Waals surface area (Å²) in [4.78, 5) is 17.1. The highest BCUT2D eigenvalue weighted by Crippen LogP contribution is 2.22. The van der Waals surface area contributed by atoms with Crippen LogP contribution in [0.2, 0.25) is 0 Å². The molecule has 34 heavy (non-hydrogen) atoms. The summed E-state index contributed by atoms with van der Waals surface area (Å²) in [5.74, 6) is 5.60. The molecule has 2 atom stereocenters. The number of hydrogen-bond acceptors (Lipinski definition) is 5. The molecule has 1 aliphatic rings. The maximum atomic E-state index is 13.2. The zero-order valence-corrected chi connectivity index (χ0v) is 19.7. The van der Waals surface area contributed by atoms with Crippen molar-refractivity contribution in [1.82, 2.24) is 9.29 Å². The van der Waals surface area contributed by atoms with Crippen LogP contribution in [0.15, 0.2) is 77.8 Å². The quantitative estimate of drug-likeness (QED) is 0.583. The predicted octanol–water partition coefficient (Wildman–Crippen LogP) is 3.53. The standard InChI is InChI=1S/C26H25N3O4S/c1-19-17-29(18-20(2)33-19)34(31,32)25-11-6-8-22(16-25)26(30)28-24-10-5-7-21(15-24)12-13-23-9-3-4-14-27-23/h3-11,14-16,19-20H,17-18H2,1-2H3,(H,28,30). The first kappa shape index (κ1) is 23.6. The van der Waals surface area contributed by atoms with Crippen molar-refractivity contribution in [3.05, 3.63) is 89.7 Å². The smallest absolute Gasteiger partial charge is 0.255 e. The van der Waals surface area contributed by atoms with Crippen molar-refractivity contribution in [3.63, 3.8) is 0 Å². The molecule has 3 aromatic rings. The second-order valence-corrected chi connectivity index (χ2v) is 10.0. The van der Waals surface area contributed by atoms with Gasteiger partial charge in [0, 0.05) is 36.1 Å². The van der Waals surface area contributed by atoms with E-state index in [1.54, 1.807) is 36.5 Å². The van der Waals surface area contributed by atoms with Crippen molar-refractivity contribution in [2.24, 2.45) is 0 Å². The average molecular weight is 476 g/mol. The Morgan fingerprint density at radius 1 is 1.00 bits per heavy atom. The van der Waals surface area contributed by atoms with Crippen molar-refractivity contribution in [2.75, 3.05) is 18.4 Å². The fourth-order valence-electron chi connectivity index (χ4n) is 3.72. The van der Waals surface area contributed by atoms with E-state index in [4.69, 9.17) is 4.74 Å². The number of carbonyl (C=O) groups excluding carboxylic acids is 1. The minimum Gasteiger partial charge on any atom is -0.373 e. The van der Waals surface area contributed by atoms with Gasteiger partial charge in [-0.15, -0.1) is 0 Å². The molecule has 1 fully saturated rings. The summed E-state index contributed by atoms with van der Waals surface area (Å²) in [7, 11) is -3.75. The summed E-state index contributed by atoms with van der Waals surface area (Å²) in [6.45, 7) is 4.23. The number of carbonyl (C=O) groups is 1. The van der Waals surface area contributed by atoms with Crippen LogP contribution in [-0.2, 0) is 14.8 Å². The fraction of sp³-hybridized carbons (Fsp3) is 0.231. The molecule has 2 heterocycles. The Morgan fingerprint density at radius 3 is 2.50 bits per heavy atom. The number of amides is 1. The molecule has 0 radical (unpaired) electrons. The molecule has 2 aromatic carbocycles. The van der Waals surface area contributed by atoms with Crippen LogP contribution in [0.4, 0.5) is 5.69 Å². The summed E-state index contributed by atoms with van der Waals surface area (Å²) in [5, 5.41) is 2.82. The zero-order valence-electron chi connectivity index (χ0n) is 18.9. The molecule has 1 amide bonds. The lowest BCUT2D eigenvalue weighted by Crippen LogP contribution is -2.48. The van der Waals surface area contributed by atoms with Gasteiger partial charge in [0.1, 0.15) is 5.69 Å². The van der Waals surface area contributed by atoms with Gasteiger partial charge >= 0.3 is 0 Å². The van der Waals surface area contributed by atoms with Crippen molar-refractivity contribution in [3.8, 4) is 11.8 Å². The molecule has 0 aliphatic carbocycles. The van der Waals surface area contributed by atoms with Crippen LogP contribution in [0.5, 0.6) is 0 Å². The van der Waals surface area contributed by atoms with Crippen LogP contribution >= 0.6 is 0 Å². The second kappa shape index (κ2) is 10.2. The van der Waals surface area contributed by atoms with E-state index >= 15 is 0 Å². The van der Waals surface area contributed by atoms with Crippen LogP contribution in [0.1, 0.15) is 35.5 Å². The fourth-order valence-corrected chi connectivity index (χ4v) is 5.36. The number of benzene rings is 2. The third-order valence-electron chi connectivity index (χ3n) is 5.24. The first-order valence-electron chi connectivity index (χ1n) is 10.9. The number of nitrogens with one attached hydrogen (secondary N) is 1. The Bertz CT molecular complexity index is 1340. The molecule has 2 unspecified atom stereocenters. The third-order valence-corrected chi connectivity index (χ3v) is 7.07. The van der Waals surface area contributed by atoms with Gasteiger partial charge in [-0.2, -0.15) is 4.31 Å². The molecule has 4 rings (SSSR count). The van der Waals surface area contributed by atoms with Gasteiger partial charge in [-0.05, 0) is 68.3 Å². The minimum absolute atomic E-state index is 0.0800. The lowest BCUT2D eigenvalue weighted by atomic mass is 10.1. The number of sulfonamides is 1. The minimum atomic E-state index is -3.75. The monoisotopic (exact) mass is 475 g/mol. The van der Waals surface area contributed by atoms with Crippen LogP contribution < -0.4 is 5.32 Å². The van der Waals surface area contributed by atoms with Gasteiger partial charge in [0.2, 0.25) is 10.0 Å². The van der Waals surface area contributed by atoms with Gasteiger partial charge in [-0.1, -0.05) is 24.1 Å². The van der Waals surface area contributed by atoms with E-state index in [2.05, 4.69) is 22.1 Å². The lowest BCUT2D eigenvalue weighted by Gasteiger charge is -2.34. The number of morpholine rings is 1. The number of rotatable bonds is 4. The normalized spacial score (nSPS) is 18.5. The van der Waals surface area contributed by atoms with Crippen LogP contribution in [0.3, 0.4) is 0 Å². The number of ether oxygens (including phenoxy) is 1. The van der Waals surface area contributed by atoms with E-state index < -0.39 is 15.9 Å². The first-order valence-corrected chi connectivity index (χ1v) is 12.4. The van der Waals surface area contributed by atoms with E-state index in [1.807, 2.05) is 38.1 Å². The SMILES string of the molecule is CC1CN(S(=O)(=O)c2cccc(C(=O)Nc3cccc(C#Cc4ccccn4)c3)c2)CC(C)O1. The molecule has 1 saturated heterocycles.